The van der Waals surface area contributed by atoms with E-state index < -0.39 is 8.07 Å². The number of hydrogen-bond donors (Lipinski definition) is 0. The molecule has 0 bridgehead atoms. The first kappa shape index (κ1) is 8.50. The molecule has 0 heterocycles. The van der Waals surface area contributed by atoms with Crippen molar-refractivity contribution in [3.05, 3.63) is 0 Å². The van der Waals surface area contributed by atoms with Crippen molar-refractivity contribution in [2.75, 3.05) is 0 Å². The zero-order chi connectivity index (χ0) is 5.91. The first-order chi connectivity index (χ1) is 3.06. The fourth-order valence-corrected chi connectivity index (χ4v) is 21.0. The number of hydrogen-bond acceptors (Lipinski definition) is 0. The van der Waals surface area contributed by atoms with Gasteiger partial charge in [0.15, 0.2) is 0 Å². The predicted octanol–water partition coefficient (Wildman–Crippen LogP) is 2.30. The Hall–Kier alpha value is 1.50. The zero-order valence-electron chi connectivity index (χ0n) is 5.09. The third-order valence-electron chi connectivity index (χ3n) is 0.597. The molecular weight excluding hydrogens is 275 g/mol. The van der Waals surface area contributed by atoms with Crippen molar-refractivity contribution in [1.29, 1.82) is 0 Å². The third kappa shape index (κ3) is 7.50. The van der Waals surface area contributed by atoms with Crippen LogP contribution in [0.25, 0.3) is 0 Å². The molecular formula is C4H11BrSiSn. The Labute approximate surface area is 63.1 Å². The fourth-order valence-electron chi connectivity index (χ4n) is 0.200. The molecule has 0 rings (SSSR count). The molecule has 0 saturated carbocycles. The molecule has 2 radical (unpaired) electrons. The van der Waals surface area contributed by atoms with E-state index in [4.69, 9.17) is 0 Å². The standard InChI is InChI=1S/C4H11Si.BrH.Sn/c1-5(2,3)4;;/h1H2,2-4H3;1H;/q;;+1/p-1. The van der Waals surface area contributed by atoms with Crippen LogP contribution in [0.1, 0.15) is 0 Å². The van der Waals surface area contributed by atoms with Crippen LogP contribution < -0.4 is 0 Å². The first-order valence-electron chi connectivity index (χ1n) is 2.40. The van der Waals surface area contributed by atoms with Crippen molar-refractivity contribution in [3.8, 4) is 0 Å². The minimum absolute atomic E-state index is 0.0398. The van der Waals surface area contributed by atoms with E-state index in [1.54, 1.807) is 4.06 Å². The monoisotopic (exact) mass is 286 g/mol. The predicted molar refractivity (Wildman–Crippen MR) is 42.8 cm³/mol. The summed E-state index contributed by atoms with van der Waals surface area (Å²) in [6, 6.07) is 0. The molecule has 0 aliphatic rings. The van der Waals surface area contributed by atoms with Crippen LogP contribution in [0, 0.1) is 0 Å². The van der Waals surface area contributed by atoms with Gasteiger partial charge in [-0.15, -0.1) is 0 Å². The molecule has 0 atom stereocenters. The Morgan fingerprint density at radius 1 is 1.43 bits per heavy atom. The first-order valence-corrected chi connectivity index (χ1v) is 14.5. The second kappa shape index (κ2) is 3.51. The van der Waals surface area contributed by atoms with Crippen LogP contribution in [0.4, 0.5) is 0 Å². The van der Waals surface area contributed by atoms with E-state index in [-0.39, 0.29) is 18.9 Å². The number of rotatable bonds is 2. The molecule has 0 aliphatic heterocycles. The maximum absolute atomic E-state index is 3.59. The van der Waals surface area contributed by atoms with E-state index in [1.807, 2.05) is 0 Å². The topological polar surface area (TPSA) is 0 Å². The molecule has 0 unspecified atom stereocenters. The van der Waals surface area contributed by atoms with E-state index in [0.29, 0.717) is 0 Å². The average Bonchev–Trinajstić information content (AvgIpc) is 1.30. The molecule has 42 valence electrons. The summed E-state index contributed by atoms with van der Waals surface area (Å²) in [7, 11) is -0.629. The van der Waals surface area contributed by atoms with E-state index in [2.05, 4.69) is 32.3 Å². The maximum atomic E-state index is 3.59. The van der Waals surface area contributed by atoms with Gasteiger partial charge in [-0.3, -0.25) is 0 Å². The van der Waals surface area contributed by atoms with E-state index in [0.717, 1.165) is 0 Å². The summed E-state index contributed by atoms with van der Waals surface area (Å²) < 4.78 is 1.57. The van der Waals surface area contributed by atoms with Crippen molar-refractivity contribution >= 4 is 39.7 Å². The van der Waals surface area contributed by atoms with Gasteiger partial charge in [0.05, 0.1) is 0 Å². The summed E-state index contributed by atoms with van der Waals surface area (Å²) in [6.07, 6.45) is 0. The Morgan fingerprint density at radius 2 is 1.86 bits per heavy atom. The third-order valence-corrected chi connectivity index (χ3v) is 17.7. The average molecular weight is 286 g/mol. The summed E-state index contributed by atoms with van der Waals surface area (Å²) in [4.78, 5) is 0. The summed E-state index contributed by atoms with van der Waals surface area (Å²) >= 11 is 3.55. The second-order valence-electron chi connectivity index (χ2n) is 2.87. The molecule has 0 fully saturated rings. The van der Waals surface area contributed by atoms with Crippen LogP contribution in [0.2, 0.25) is 23.7 Å². The van der Waals surface area contributed by atoms with E-state index >= 15 is 0 Å². The van der Waals surface area contributed by atoms with E-state index in [1.165, 1.54) is 0 Å². The van der Waals surface area contributed by atoms with Gasteiger partial charge in [-0.1, -0.05) is 0 Å². The van der Waals surface area contributed by atoms with Gasteiger partial charge in [0.2, 0.25) is 0 Å². The van der Waals surface area contributed by atoms with Gasteiger partial charge in [0.1, 0.15) is 0 Å². The van der Waals surface area contributed by atoms with Crippen LogP contribution >= 0.6 is 12.7 Å². The molecule has 0 aromatic carbocycles. The summed E-state index contributed by atoms with van der Waals surface area (Å²) in [5.41, 5.74) is 0. The van der Waals surface area contributed by atoms with Crippen LogP contribution in [0.3, 0.4) is 0 Å². The summed E-state index contributed by atoms with van der Waals surface area (Å²) in [5.74, 6) is 0. The van der Waals surface area contributed by atoms with Crippen molar-refractivity contribution in [1.82, 2.24) is 0 Å². The fraction of sp³-hybridized carbons (Fsp3) is 1.00. The van der Waals surface area contributed by atoms with E-state index in [9.17, 15) is 0 Å². The SMILES string of the molecule is C[Si](C)(C)[CH2][Sn][Br]. The zero-order valence-corrected chi connectivity index (χ0v) is 10.5. The van der Waals surface area contributed by atoms with Gasteiger partial charge in [-0.05, 0) is 0 Å². The quantitative estimate of drug-likeness (QED) is 0.683. The molecule has 0 spiro atoms. The van der Waals surface area contributed by atoms with Gasteiger partial charge in [0, 0.05) is 0 Å². The van der Waals surface area contributed by atoms with Crippen molar-refractivity contribution < 1.29 is 0 Å². The van der Waals surface area contributed by atoms with Gasteiger partial charge in [-0.2, -0.15) is 0 Å². The molecule has 7 heavy (non-hydrogen) atoms. The van der Waals surface area contributed by atoms with Crippen LogP contribution in [-0.2, 0) is 0 Å². The Bertz CT molecular complexity index is 50.1. The van der Waals surface area contributed by atoms with Crippen LogP contribution in [0.5, 0.6) is 0 Å². The van der Waals surface area contributed by atoms with Crippen LogP contribution in [-0.4, -0.2) is 27.0 Å². The summed E-state index contributed by atoms with van der Waals surface area (Å²) in [6.45, 7) is 7.28. The molecule has 0 aliphatic carbocycles. The normalized spacial score (nSPS) is 12.0. The molecule has 0 amide bonds. The molecule has 0 aromatic heterocycles. The van der Waals surface area contributed by atoms with Gasteiger partial charge in [-0.25, -0.2) is 0 Å². The number of halogens is 1. The second-order valence-corrected chi connectivity index (χ2v) is 15.9. The Balaban J connectivity index is 3.15. The van der Waals surface area contributed by atoms with Gasteiger partial charge >= 0.3 is 63.4 Å². The van der Waals surface area contributed by atoms with Gasteiger partial charge < -0.3 is 0 Å². The van der Waals surface area contributed by atoms with Gasteiger partial charge in [0.25, 0.3) is 0 Å². The molecule has 0 N–H and O–H groups in total. The van der Waals surface area contributed by atoms with Crippen molar-refractivity contribution in [2.24, 2.45) is 0 Å². The Morgan fingerprint density at radius 3 is 1.86 bits per heavy atom. The molecule has 0 aromatic rings. The van der Waals surface area contributed by atoms with Crippen molar-refractivity contribution in [3.63, 3.8) is 0 Å². The molecule has 0 saturated heterocycles. The summed E-state index contributed by atoms with van der Waals surface area (Å²) in [5, 5.41) is 0. The Kier molecular flexibility index (Phi) is 4.26. The molecule has 3 heteroatoms. The molecule has 0 nitrogen and oxygen atoms in total. The minimum atomic E-state index is -0.629. The van der Waals surface area contributed by atoms with Crippen molar-refractivity contribution in [2.45, 2.75) is 23.7 Å². The van der Waals surface area contributed by atoms with Crippen LogP contribution in [0.15, 0.2) is 0 Å².